The van der Waals surface area contributed by atoms with E-state index < -0.39 is 6.10 Å². The minimum Gasteiger partial charge on any atom is -0.397 e. The molecule has 74 valence electrons. The van der Waals surface area contributed by atoms with Gasteiger partial charge in [0.05, 0.1) is 23.6 Å². The molecule has 4 N–H and O–H groups in total. The number of pyridine rings is 1. The number of nitrogens with one attached hydrogen (secondary N) is 1. The Bertz CT molecular complexity index is 356. The molecule has 0 bridgehead atoms. The van der Waals surface area contributed by atoms with Crippen LogP contribution in [0.5, 0.6) is 0 Å². The monoisotopic (exact) mass is 192 g/mol. The van der Waals surface area contributed by atoms with Crippen LogP contribution in [-0.4, -0.2) is 22.7 Å². The van der Waals surface area contributed by atoms with Crippen molar-refractivity contribution in [1.82, 2.24) is 4.98 Å². The summed E-state index contributed by atoms with van der Waals surface area (Å²) in [7, 11) is 0. The molecule has 1 aromatic heterocycles. The van der Waals surface area contributed by atoms with Gasteiger partial charge in [-0.1, -0.05) is 0 Å². The number of aromatic nitrogens is 1. The van der Waals surface area contributed by atoms with E-state index in [2.05, 4.69) is 10.3 Å². The third-order valence-corrected chi connectivity index (χ3v) is 1.59. The summed E-state index contributed by atoms with van der Waals surface area (Å²) in [5, 5.41) is 20.6. The molecule has 0 fully saturated rings. The molecule has 0 aliphatic rings. The lowest BCUT2D eigenvalue weighted by Crippen LogP contribution is -2.16. The zero-order valence-corrected chi connectivity index (χ0v) is 7.86. The van der Waals surface area contributed by atoms with Crippen LogP contribution in [0.15, 0.2) is 12.3 Å². The van der Waals surface area contributed by atoms with Gasteiger partial charge in [0.25, 0.3) is 0 Å². The molecular formula is C9H12N4O. The quantitative estimate of drug-likeness (QED) is 0.641. The first-order valence-corrected chi connectivity index (χ1v) is 4.21. The Morgan fingerprint density at radius 2 is 2.50 bits per heavy atom. The summed E-state index contributed by atoms with van der Waals surface area (Å²) in [5.74, 6) is 0.447. The first-order chi connectivity index (χ1) is 6.63. The highest BCUT2D eigenvalue weighted by molar-refractivity contribution is 5.57. The van der Waals surface area contributed by atoms with Crippen molar-refractivity contribution >= 4 is 11.5 Å². The fraction of sp³-hybridized carbons (Fsp3) is 0.333. The molecule has 0 aliphatic carbocycles. The molecule has 1 atom stereocenters. The van der Waals surface area contributed by atoms with Crippen LogP contribution >= 0.6 is 0 Å². The normalized spacial score (nSPS) is 11.8. The minimum atomic E-state index is -0.485. The summed E-state index contributed by atoms with van der Waals surface area (Å²) in [4.78, 5) is 3.95. The number of anilines is 2. The first kappa shape index (κ1) is 10.3. The van der Waals surface area contributed by atoms with Crippen LogP contribution in [-0.2, 0) is 0 Å². The van der Waals surface area contributed by atoms with Gasteiger partial charge in [0.1, 0.15) is 11.9 Å². The maximum atomic E-state index is 9.03. The maximum Gasteiger partial charge on any atom is 0.144 e. The van der Waals surface area contributed by atoms with Crippen molar-refractivity contribution < 1.29 is 5.11 Å². The molecule has 5 nitrogen and oxygen atoms in total. The minimum absolute atomic E-state index is 0.353. The van der Waals surface area contributed by atoms with Crippen molar-refractivity contribution in [2.75, 3.05) is 17.6 Å². The van der Waals surface area contributed by atoms with Crippen LogP contribution in [0.3, 0.4) is 0 Å². The first-order valence-electron chi connectivity index (χ1n) is 4.21. The van der Waals surface area contributed by atoms with Crippen molar-refractivity contribution in [1.29, 1.82) is 5.26 Å². The summed E-state index contributed by atoms with van der Waals surface area (Å²) in [6, 6.07) is 3.51. The van der Waals surface area contributed by atoms with Gasteiger partial charge >= 0.3 is 0 Å². The Balaban J connectivity index is 2.82. The maximum absolute atomic E-state index is 9.03. The second-order valence-corrected chi connectivity index (χ2v) is 3.01. The predicted octanol–water partition coefficient (Wildman–Crippen LogP) is 0.328. The van der Waals surface area contributed by atoms with Crippen LogP contribution in [0.4, 0.5) is 11.5 Å². The summed E-state index contributed by atoms with van der Waals surface area (Å²) in [6.45, 7) is 2.00. The fourth-order valence-corrected chi connectivity index (χ4v) is 0.951. The molecule has 5 heteroatoms. The fourth-order valence-electron chi connectivity index (χ4n) is 0.951. The number of nitriles is 1. The smallest absolute Gasteiger partial charge is 0.144 e. The molecule has 1 heterocycles. The number of hydrogen-bond acceptors (Lipinski definition) is 5. The summed E-state index contributed by atoms with van der Waals surface area (Å²) in [5.41, 5.74) is 6.30. The third-order valence-electron chi connectivity index (χ3n) is 1.59. The second-order valence-electron chi connectivity index (χ2n) is 3.01. The van der Waals surface area contributed by atoms with E-state index in [9.17, 15) is 0 Å². The van der Waals surface area contributed by atoms with Crippen molar-refractivity contribution in [3.05, 3.63) is 17.8 Å². The van der Waals surface area contributed by atoms with Crippen LogP contribution in [0, 0.1) is 11.3 Å². The van der Waals surface area contributed by atoms with Gasteiger partial charge in [0, 0.05) is 6.54 Å². The molecule has 0 aromatic carbocycles. The molecule has 0 spiro atoms. The molecule has 0 saturated heterocycles. The Morgan fingerprint density at radius 3 is 3.07 bits per heavy atom. The number of hydrogen-bond donors (Lipinski definition) is 3. The SMILES string of the molecule is CC(O)CNc1ncc(N)cc1C#N. The average molecular weight is 192 g/mol. The zero-order valence-electron chi connectivity index (χ0n) is 7.86. The van der Waals surface area contributed by atoms with Gasteiger partial charge in [-0.25, -0.2) is 4.98 Å². The van der Waals surface area contributed by atoms with E-state index in [0.29, 0.717) is 23.6 Å². The largest absolute Gasteiger partial charge is 0.397 e. The molecule has 0 radical (unpaired) electrons. The van der Waals surface area contributed by atoms with Crippen molar-refractivity contribution in [3.63, 3.8) is 0 Å². The van der Waals surface area contributed by atoms with Crippen molar-refractivity contribution in [2.45, 2.75) is 13.0 Å². The number of rotatable bonds is 3. The summed E-state index contributed by atoms with van der Waals surface area (Å²) in [6.07, 6.45) is 0.978. The lowest BCUT2D eigenvalue weighted by Gasteiger charge is -2.08. The van der Waals surface area contributed by atoms with Gasteiger partial charge in [-0.05, 0) is 13.0 Å². The predicted molar refractivity (Wildman–Crippen MR) is 53.5 cm³/mol. The summed E-state index contributed by atoms with van der Waals surface area (Å²) < 4.78 is 0. The van der Waals surface area contributed by atoms with E-state index in [4.69, 9.17) is 16.1 Å². The zero-order chi connectivity index (χ0) is 10.6. The lowest BCUT2D eigenvalue weighted by atomic mass is 10.2. The van der Waals surface area contributed by atoms with E-state index in [0.717, 1.165) is 0 Å². The van der Waals surface area contributed by atoms with Gasteiger partial charge in [-0.3, -0.25) is 0 Å². The van der Waals surface area contributed by atoms with Crippen LogP contribution in [0.25, 0.3) is 0 Å². The third kappa shape index (κ3) is 2.61. The Morgan fingerprint density at radius 1 is 1.79 bits per heavy atom. The van der Waals surface area contributed by atoms with Crippen molar-refractivity contribution in [3.8, 4) is 6.07 Å². The average Bonchev–Trinajstić information content (AvgIpc) is 2.15. The number of nitrogen functional groups attached to an aromatic ring is 1. The van der Waals surface area contributed by atoms with Crippen LogP contribution < -0.4 is 11.1 Å². The molecule has 1 rings (SSSR count). The number of aliphatic hydroxyl groups excluding tert-OH is 1. The van der Waals surface area contributed by atoms with E-state index in [1.165, 1.54) is 12.3 Å². The second kappa shape index (κ2) is 4.44. The highest BCUT2D eigenvalue weighted by Crippen LogP contribution is 2.13. The topological polar surface area (TPSA) is 95.0 Å². The molecule has 0 aliphatic heterocycles. The highest BCUT2D eigenvalue weighted by atomic mass is 16.3. The standard InChI is InChI=1S/C9H12N4O/c1-6(14)4-12-9-7(3-10)2-8(11)5-13-9/h2,5-6,14H,4,11H2,1H3,(H,12,13). The lowest BCUT2D eigenvalue weighted by molar-refractivity contribution is 0.208. The number of aliphatic hydroxyl groups is 1. The molecule has 14 heavy (non-hydrogen) atoms. The number of nitrogens with two attached hydrogens (primary N) is 1. The van der Waals surface area contributed by atoms with Gasteiger partial charge in [0.2, 0.25) is 0 Å². The molecular weight excluding hydrogens is 180 g/mol. The summed E-state index contributed by atoms with van der Waals surface area (Å²) >= 11 is 0. The molecule has 0 saturated carbocycles. The Kier molecular flexibility index (Phi) is 3.26. The Labute approximate surface area is 82.2 Å². The number of nitrogens with zero attached hydrogens (tertiary/aromatic N) is 2. The van der Waals surface area contributed by atoms with Gasteiger partial charge < -0.3 is 16.2 Å². The van der Waals surface area contributed by atoms with Gasteiger partial charge in [-0.15, -0.1) is 0 Å². The van der Waals surface area contributed by atoms with Crippen LogP contribution in [0.2, 0.25) is 0 Å². The van der Waals surface area contributed by atoms with Crippen molar-refractivity contribution in [2.24, 2.45) is 0 Å². The van der Waals surface area contributed by atoms with E-state index in [1.54, 1.807) is 6.92 Å². The van der Waals surface area contributed by atoms with Gasteiger partial charge in [0.15, 0.2) is 0 Å². The van der Waals surface area contributed by atoms with Crippen LogP contribution in [0.1, 0.15) is 12.5 Å². The Hall–Kier alpha value is -1.80. The molecule has 1 unspecified atom stereocenters. The highest BCUT2D eigenvalue weighted by Gasteiger charge is 2.04. The molecule has 1 aromatic rings. The van der Waals surface area contributed by atoms with Gasteiger partial charge in [-0.2, -0.15) is 5.26 Å². The van der Waals surface area contributed by atoms with E-state index in [-0.39, 0.29) is 0 Å². The molecule has 0 amide bonds. The van der Waals surface area contributed by atoms with E-state index in [1.807, 2.05) is 6.07 Å². The van der Waals surface area contributed by atoms with E-state index >= 15 is 0 Å².